The molecule has 0 aliphatic heterocycles. The van der Waals surface area contributed by atoms with Crippen LogP contribution in [-0.4, -0.2) is 26.9 Å². The molecular formula is C14H23NO3. The van der Waals surface area contributed by atoms with Crippen molar-refractivity contribution in [1.29, 1.82) is 0 Å². The Balaban J connectivity index is 2.94. The second kappa shape index (κ2) is 7.24. The fourth-order valence-corrected chi connectivity index (χ4v) is 1.96. The van der Waals surface area contributed by atoms with Gasteiger partial charge in [-0.05, 0) is 31.0 Å². The number of nitrogens with two attached hydrogens (primary N) is 1. The van der Waals surface area contributed by atoms with Crippen molar-refractivity contribution < 1.29 is 14.2 Å². The summed E-state index contributed by atoms with van der Waals surface area (Å²) in [6, 6.07) is 5.57. The van der Waals surface area contributed by atoms with Crippen LogP contribution in [0.4, 0.5) is 0 Å². The zero-order valence-electron chi connectivity index (χ0n) is 11.6. The van der Waals surface area contributed by atoms with E-state index in [0.29, 0.717) is 18.1 Å². The highest BCUT2D eigenvalue weighted by atomic mass is 16.5. The summed E-state index contributed by atoms with van der Waals surface area (Å²) < 4.78 is 16.1. The summed E-state index contributed by atoms with van der Waals surface area (Å²) in [6.45, 7) is 4.71. The molecule has 102 valence electrons. The lowest BCUT2D eigenvalue weighted by molar-refractivity contribution is 0.0413. The molecule has 0 radical (unpaired) electrons. The third-order valence-electron chi connectivity index (χ3n) is 2.98. The zero-order valence-corrected chi connectivity index (χ0v) is 11.6. The predicted octanol–water partition coefficient (Wildman–Crippen LogP) is 2.52. The molecule has 0 spiro atoms. The molecule has 1 aromatic rings. The van der Waals surface area contributed by atoms with Crippen LogP contribution in [0.3, 0.4) is 0 Å². The fourth-order valence-electron chi connectivity index (χ4n) is 1.96. The first kappa shape index (κ1) is 14.8. The number of methoxy groups -OCH3 is 2. The third-order valence-corrected chi connectivity index (χ3v) is 2.98. The molecule has 4 nitrogen and oxygen atoms in total. The van der Waals surface area contributed by atoms with Gasteiger partial charge in [0.05, 0.1) is 26.4 Å². The zero-order chi connectivity index (χ0) is 13.5. The first-order valence-electron chi connectivity index (χ1n) is 6.26. The van der Waals surface area contributed by atoms with Crippen LogP contribution in [0.25, 0.3) is 0 Å². The summed E-state index contributed by atoms with van der Waals surface area (Å²) in [7, 11) is 3.24. The molecule has 2 N–H and O–H groups in total. The van der Waals surface area contributed by atoms with Gasteiger partial charge in [-0.1, -0.05) is 13.0 Å². The molecule has 0 amide bonds. The molecule has 0 fully saturated rings. The van der Waals surface area contributed by atoms with Crippen molar-refractivity contribution in [2.75, 3.05) is 20.8 Å². The molecule has 2 unspecified atom stereocenters. The van der Waals surface area contributed by atoms with E-state index in [0.717, 1.165) is 12.0 Å². The number of ether oxygens (including phenoxy) is 3. The molecule has 1 aromatic carbocycles. The minimum absolute atomic E-state index is 0.0214. The maximum absolute atomic E-state index is 6.23. The Kier molecular flexibility index (Phi) is 5.95. The minimum Gasteiger partial charge on any atom is -0.493 e. The number of benzene rings is 1. The van der Waals surface area contributed by atoms with E-state index in [9.17, 15) is 0 Å². The maximum Gasteiger partial charge on any atom is 0.161 e. The van der Waals surface area contributed by atoms with E-state index in [1.807, 2.05) is 25.1 Å². The van der Waals surface area contributed by atoms with E-state index in [1.54, 1.807) is 14.2 Å². The first-order chi connectivity index (χ1) is 8.67. The average Bonchev–Trinajstić information content (AvgIpc) is 2.43. The van der Waals surface area contributed by atoms with Crippen molar-refractivity contribution in [2.45, 2.75) is 32.4 Å². The SMILES string of the molecule is CCOC(CC)C(N)c1ccc(OC)c(OC)c1. The van der Waals surface area contributed by atoms with Crippen molar-refractivity contribution in [2.24, 2.45) is 5.73 Å². The second-order valence-corrected chi connectivity index (χ2v) is 4.04. The molecule has 4 heteroatoms. The normalized spacial score (nSPS) is 14.1. The summed E-state index contributed by atoms with van der Waals surface area (Å²) in [5.74, 6) is 1.40. The Labute approximate surface area is 109 Å². The first-order valence-corrected chi connectivity index (χ1v) is 6.26. The van der Waals surface area contributed by atoms with Gasteiger partial charge in [0, 0.05) is 6.61 Å². The highest BCUT2D eigenvalue weighted by molar-refractivity contribution is 5.43. The molecule has 18 heavy (non-hydrogen) atoms. The minimum atomic E-state index is -0.158. The van der Waals surface area contributed by atoms with Crippen LogP contribution in [0, 0.1) is 0 Å². The van der Waals surface area contributed by atoms with Gasteiger partial charge in [-0.2, -0.15) is 0 Å². The van der Waals surface area contributed by atoms with Gasteiger partial charge in [0.25, 0.3) is 0 Å². The summed E-state index contributed by atoms with van der Waals surface area (Å²) in [5, 5.41) is 0. The topological polar surface area (TPSA) is 53.7 Å². The number of hydrogen-bond acceptors (Lipinski definition) is 4. The Morgan fingerprint density at radius 3 is 2.28 bits per heavy atom. The van der Waals surface area contributed by atoms with Crippen molar-refractivity contribution in [1.82, 2.24) is 0 Å². The smallest absolute Gasteiger partial charge is 0.161 e. The van der Waals surface area contributed by atoms with Crippen molar-refractivity contribution in [3.05, 3.63) is 23.8 Å². The quantitative estimate of drug-likeness (QED) is 0.811. The van der Waals surface area contributed by atoms with Crippen molar-refractivity contribution >= 4 is 0 Å². The van der Waals surface area contributed by atoms with E-state index < -0.39 is 0 Å². The van der Waals surface area contributed by atoms with Gasteiger partial charge in [-0.3, -0.25) is 0 Å². The largest absolute Gasteiger partial charge is 0.493 e. The van der Waals surface area contributed by atoms with Gasteiger partial charge in [-0.25, -0.2) is 0 Å². The van der Waals surface area contributed by atoms with Gasteiger partial charge >= 0.3 is 0 Å². The van der Waals surface area contributed by atoms with Crippen LogP contribution in [0.1, 0.15) is 31.9 Å². The van der Waals surface area contributed by atoms with Gasteiger partial charge < -0.3 is 19.9 Å². The highest BCUT2D eigenvalue weighted by Gasteiger charge is 2.19. The molecule has 0 aliphatic carbocycles. The molecule has 0 bridgehead atoms. The van der Waals surface area contributed by atoms with Gasteiger partial charge in [-0.15, -0.1) is 0 Å². The molecule has 0 saturated carbocycles. The molecular weight excluding hydrogens is 230 g/mol. The van der Waals surface area contributed by atoms with Crippen LogP contribution in [0.15, 0.2) is 18.2 Å². The Hall–Kier alpha value is -1.26. The van der Waals surface area contributed by atoms with E-state index in [4.69, 9.17) is 19.9 Å². The molecule has 1 rings (SSSR count). The van der Waals surface area contributed by atoms with Crippen molar-refractivity contribution in [3.63, 3.8) is 0 Å². The van der Waals surface area contributed by atoms with Gasteiger partial charge in [0.15, 0.2) is 11.5 Å². The molecule has 0 heterocycles. The predicted molar refractivity (Wildman–Crippen MR) is 72.2 cm³/mol. The van der Waals surface area contributed by atoms with Crippen LogP contribution in [0.2, 0.25) is 0 Å². The molecule has 2 atom stereocenters. The number of hydrogen-bond donors (Lipinski definition) is 1. The average molecular weight is 253 g/mol. The Morgan fingerprint density at radius 1 is 1.11 bits per heavy atom. The van der Waals surface area contributed by atoms with Gasteiger partial charge in [0.1, 0.15) is 0 Å². The van der Waals surface area contributed by atoms with Crippen LogP contribution in [-0.2, 0) is 4.74 Å². The summed E-state index contributed by atoms with van der Waals surface area (Å²) in [4.78, 5) is 0. The Morgan fingerprint density at radius 2 is 1.78 bits per heavy atom. The standard InChI is InChI=1S/C14H23NO3/c1-5-11(18-6-2)14(15)10-7-8-12(16-3)13(9-10)17-4/h7-9,11,14H,5-6,15H2,1-4H3. The van der Waals surface area contributed by atoms with E-state index in [-0.39, 0.29) is 12.1 Å². The van der Waals surface area contributed by atoms with Crippen LogP contribution < -0.4 is 15.2 Å². The lowest BCUT2D eigenvalue weighted by atomic mass is 10.00. The lowest BCUT2D eigenvalue weighted by Gasteiger charge is -2.23. The summed E-state index contributed by atoms with van der Waals surface area (Å²) in [6.07, 6.45) is 0.900. The van der Waals surface area contributed by atoms with E-state index in [1.165, 1.54) is 0 Å². The Bertz CT molecular complexity index is 368. The third kappa shape index (κ3) is 3.37. The van der Waals surface area contributed by atoms with Crippen LogP contribution >= 0.6 is 0 Å². The maximum atomic E-state index is 6.23. The van der Waals surface area contributed by atoms with Crippen molar-refractivity contribution in [3.8, 4) is 11.5 Å². The lowest BCUT2D eigenvalue weighted by Crippen LogP contribution is -2.28. The number of rotatable bonds is 7. The molecule has 0 aliphatic rings. The summed E-state index contributed by atoms with van der Waals surface area (Å²) in [5.41, 5.74) is 7.22. The fraction of sp³-hybridized carbons (Fsp3) is 0.571. The summed E-state index contributed by atoms with van der Waals surface area (Å²) >= 11 is 0. The van der Waals surface area contributed by atoms with E-state index in [2.05, 4.69) is 6.92 Å². The molecule has 0 aromatic heterocycles. The molecule has 0 saturated heterocycles. The van der Waals surface area contributed by atoms with E-state index >= 15 is 0 Å². The van der Waals surface area contributed by atoms with Gasteiger partial charge in [0.2, 0.25) is 0 Å². The van der Waals surface area contributed by atoms with Crippen LogP contribution in [0.5, 0.6) is 11.5 Å². The second-order valence-electron chi connectivity index (χ2n) is 4.04. The highest BCUT2D eigenvalue weighted by Crippen LogP contribution is 2.31. The monoisotopic (exact) mass is 253 g/mol.